The molecule has 1 aromatic heterocycles. The first kappa shape index (κ1) is 15.3. The monoisotopic (exact) mass is 326 g/mol. The topological polar surface area (TPSA) is 72.2 Å². The van der Waals surface area contributed by atoms with Gasteiger partial charge in [0.2, 0.25) is 0 Å². The van der Waals surface area contributed by atoms with Crippen LogP contribution in [0, 0.1) is 6.92 Å². The summed E-state index contributed by atoms with van der Waals surface area (Å²) >= 11 is 1.04. The first-order valence-electron chi connectivity index (χ1n) is 7.00. The number of hydrogen-bond donors (Lipinski definition) is 1. The molecule has 0 radical (unpaired) electrons. The third-order valence-electron chi connectivity index (χ3n) is 3.43. The Balaban J connectivity index is 2.30. The van der Waals surface area contributed by atoms with E-state index in [-0.39, 0.29) is 11.3 Å². The van der Waals surface area contributed by atoms with Crippen LogP contribution in [0.4, 0.5) is 0 Å². The average molecular weight is 326 g/mol. The van der Waals surface area contributed by atoms with Crippen molar-refractivity contribution in [2.24, 2.45) is 0 Å². The third kappa shape index (κ3) is 2.98. The summed E-state index contributed by atoms with van der Waals surface area (Å²) < 4.78 is 1.49. The van der Waals surface area contributed by atoms with Gasteiger partial charge in [0.1, 0.15) is 0 Å². The van der Waals surface area contributed by atoms with Crippen LogP contribution in [0.5, 0.6) is 0 Å². The second kappa shape index (κ2) is 6.26. The molecule has 1 N–H and O–H groups in total. The second-order valence-electron chi connectivity index (χ2n) is 5.02. The number of rotatable bonds is 4. The van der Waals surface area contributed by atoms with Gasteiger partial charge in [0, 0.05) is 0 Å². The molecule has 1 heterocycles. The number of carboxylic acids is 1. The largest absolute Gasteiger partial charge is 0.481 e. The molecule has 3 aromatic rings. The maximum Gasteiger partial charge on any atom is 0.313 e. The molecule has 0 bridgehead atoms. The molecule has 2 aromatic carbocycles. The molecule has 116 valence electrons. The SMILES string of the molecule is Cc1ccccc1-n1c(SCC(=O)O)nc2ccccc2c1=O. The normalized spacial score (nSPS) is 10.8. The van der Waals surface area contributed by atoms with E-state index < -0.39 is 5.97 Å². The number of benzene rings is 2. The Morgan fingerprint density at radius 3 is 2.61 bits per heavy atom. The van der Waals surface area contributed by atoms with Crippen LogP contribution in [0.15, 0.2) is 58.5 Å². The van der Waals surface area contributed by atoms with Crippen molar-refractivity contribution < 1.29 is 9.90 Å². The Morgan fingerprint density at radius 2 is 1.87 bits per heavy atom. The maximum atomic E-state index is 12.9. The zero-order valence-electron chi connectivity index (χ0n) is 12.4. The number of carboxylic acid groups (broad SMARTS) is 1. The van der Waals surface area contributed by atoms with E-state index in [1.807, 2.05) is 31.2 Å². The fourth-order valence-electron chi connectivity index (χ4n) is 2.36. The molecule has 0 atom stereocenters. The third-order valence-corrected chi connectivity index (χ3v) is 4.35. The summed E-state index contributed by atoms with van der Waals surface area (Å²) in [5, 5.41) is 9.83. The Kier molecular flexibility index (Phi) is 4.16. The molecule has 0 aliphatic rings. The van der Waals surface area contributed by atoms with Gasteiger partial charge in [-0.25, -0.2) is 4.98 Å². The van der Waals surface area contributed by atoms with Crippen molar-refractivity contribution in [3.8, 4) is 5.69 Å². The Labute approximate surface area is 136 Å². The number of nitrogens with zero attached hydrogens (tertiary/aromatic N) is 2. The van der Waals surface area contributed by atoms with E-state index in [9.17, 15) is 9.59 Å². The molecule has 0 aliphatic heterocycles. The first-order valence-corrected chi connectivity index (χ1v) is 7.99. The average Bonchev–Trinajstić information content (AvgIpc) is 2.54. The standard InChI is InChI=1S/C17H14N2O3S/c1-11-6-2-5-9-14(11)19-16(22)12-7-3-4-8-13(12)18-17(19)23-10-15(20)21/h2-9H,10H2,1H3,(H,20,21). The minimum absolute atomic E-state index is 0.156. The van der Waals surface area contributed by atoms with Crippen molar-refractivity contribution in [3.05, 3.63) is 64.4 Å². The van der Waals surface area contributed by atoms with Gasteiger partial charge < -0.3 is 5.11 Å². The van der Waals surface area contributed by atoms with Crippen LogP contribution in [-0.2, 0) is 4.79 Å². The smallest absolute Gasteiger partial charge is 0.313 e. The Morgan fingerprint density at radius 1 is 1.17 bits per heavy atom. The Hall–Kier alpha value is -2.60. The lowest BCUT2D eigenvalue weighted by atomic mass is 10.2. The summed E-state index contributed by atoms with van der Waals surface area (Å²) in [6.07, 6.45) is 0. The molecule has 23 heavy (non-hydrogen) atoms. The van der Waals surface area contributed by atoms with E-state index in [4.69, 9.17) is 5.11 Å². The molecule has 3 rings (SSSR count). The van der Waals surface area contributed by atoms with E-state index in [0.29, 0.717) is 21.7 Å². The lowest BCUT2D eigenvalue weighted by Crippen LogP contribution is -2.22. The van der Waals surface area contributed by atoms with Crippen molar-refractivity contribution in [3.63, 3.8) is 0 Å². The van der Waals surface area contributed by atoms with Crippen LogP contribution in [0.25, 0.3) is 16.6 Å². The fourth-order valence-corrected chi connectivity index (χ4v) is 3.09. The molecule has 0 spiro atoms. The van der Waals surface area contributed by atoms with Crippen molar-refractivity contribution >= 4 is 28.6 Å². The van der Waals surface area contributed by atoms with Crippen LogP contribution in [0.3, 0.4) is 0 Å². The van der Waals surface area contributed by atoms with E-state index >= 15 is 0 Å². The van der Waals surface area contributed by atoms with Crippen molar-refractivity contribution in [1.29, 1.82) is 0 Å². The highest BCUT2D eigenvalue weighted by Crippen LogP contribution is 2.22. The molecule has 5 nitrogen and oxygen atoms in total. The van der Waals surface area contributed by atoms with Crippen LogP contribution in [0.2, 0.25) is 0 Å². The summed E-state index contributed by atoms with van der Waals surface area (Å²) in [5.74, 6) is -1.11. The van der Waals surface area contributed by atoms with Crippen LogP contribution >= 0.6 is 11.8 Å². The van der Waals surface area contributed by atoms with Gasteiger partial charge >= 0.3 is 5.97 Å². The van der Waals surface area contributed by atoms with E-state index in [1.165, 1.54) is 4.57 Å². The molecule has 0 fully saturated rings. The van der Waals surface area contributed by atoms with Gasteiger partial charge in [-0.2, -0.15) is 0 Å². The highest BCUT2D eigenvalue weighted by atomic mass is 32.2. The Bertz CT molecular complexity index is 950. The number of aromatic nitrogens is 2. The van der Waals surface area contributed by atoms with Crippen molar-refractivity contribution in [2.45, 2.75) is 12.1 Å². The number of carbonyl (C=O) groups is 1. The zero-order chi connectivity index (χ0) is 16.4. The molecular formula is C17H14N2O3S. The highest BCUT2D eigenvalue weighted by molar-refractivity contribution is 7.99. The molecule has 0 amide bonds. The summed E-state index contributed by atoms with van der Waals surface area (Å²) in [4.78, 5) is 28.3. The molecule has 0 aliphatic carbocycles. The van der Waals surface area contributed by atoms with Gasteiger partial charge in [-0.3, -0.25) is 14.2 Å². The lowest BCUT2D eigenvalue weighted by molar-refractivity contribution is -0.133. The molecule has 0 saturated heterocycles. The number of fused-ring (bicyclic) bond motifs is 1. The predicted octanol–water partition coefficient (Wildman–Crippen LogP) is 2.87. The van der Waals surface area contributed by atoms with E-state index in [1.54, 1.807) is 24.3 Å². The second-order valence-corrected chi connectivity index (χ2v) is 5.96. The molecular weight excluding hydrogens is 312 g/mol. The highest BCUT2D eigenvalue weighted by Gasteiger charge is 2.15. The number of para-hydroxylation sites is 2. The minimum Gasteiger partial charge on any atom is -0.481 e. The van der Waals surface area contributed by atoms with Gasteiger partial charge in [0.25, 0.3) is 5.56 Å². The van der Waals surface area contributed by atoms with Gasteiger partial charge in [-0.1, -0.05) is 42.1 Å². The van der Waals surface area contributed by atoms with E-state index in [0.717, 1.165) is 17.3 Å². The summed E-state index contributed by atoms with van der Waals surface area (Å²) in [7, 11) is 0. The first-order chi connectivity index (χ1) is 11.1. The molecule has 6 heteroatoms. The van der Waals surface area contributed by atoms with Gasteiger partial charge in [0.15, 0.2) is 5.16 Å². The maximum absolute atomic E-state index is 12.9. The summed E-state index contributed by atoms with van der Waals surface area (Å²) in [6.45, 7) is 1.91. The quantitative estimate of drug-likeness (QED) is 0.589. The van der Waals surface area contributed by atoms with Gasteiger partial charge in [0.05, 0.1) is 22.3 Å². The predicted molar refractivity (Wildman–Crippen MR) is 90.4 cm³/mol. The van der Waals surface area contributed by atoms with E-state index in [2.05, 4.69) is 4.98 Å². The molecule has 0 saturated carbocycles. The molecule has 0 unspecified atom stereocenters. The summed E-state index contributed by atoms with van der Waals surface area (Å²) in [5.41, 5.74) is 2.00. The van der Waals surface area contributed by atoms with Gasteiger partial charge in [-0.05, 0) is 30.7 Å². The van der Waals surface area contributed by atoms with Crippen molar-refractivity contribution in [2.75, 3.05) is 5.75 Å². The number of aliphatic carboxylic acids is 1. The fraction of sp³-hybridized carbons (Fsp3) is 0.118. The lowest BCUT2D eigenvalue weighted by Gasteiger charge is -2.14. The van der Waals surface area contributed by atoms with Crippen molar-refractivity contribution in [1.82, 2.24) is 9.55 Å². The number of aryl methyl sites for hydroxylation is 1. The van der Waals surface area contributed by atoms with Crippen LogP contribution in [0.1, 0.15) is 5.56 Å². The summed E-state index contributed by atoms with van der Waals surface area (Å²) in [6, 6.07) is 14.5. The van der Waals surface area contributed by atoms with Crippen LogP contribution in [-0.4, -0.2) is 26.4 Å². The zero-order valence-corrected chi connectivity index (χ0v) is 13.2. The minimum atomic E-state index is -0.950. The number of hydrogen-bond acceptors (Lipinski definition) is 4. The van der Waals surface area contributed by atoms with Crippen LogP contribution < -0.4 is 5.56 Å². The number of thioether (sulfide) groups is 1. The van der Waals surface area contributed by atoms with Gasteiger partial charge in [-0.15, -0.1) is 0 Å².